The van der Waals surface area contributed by atoms with Crippen LogP contribution in [0.2, 0.25) is 0 Å². The molecule has 0 aliphatic carbocycles. The molecule has 0 aliphatic rings. The fourth-order valence-corrected chi connectivity index (χ4v) is 1.94. The van der Waals surface area contributed by atoms with E-state index in [4.69, 9.17) is 3.44 Å². The molecule has 0 saturated heterocycles. The third-order valence-corrected chi connectivity index (χ3v) is 3.62. The summed E-state index contributed by atoms with van der Waals surface area (Å²) in [5, 5.41) is 2.78. The van der Waals surface area contributed by atoms with E-state index in [0.29, 0.717) is 10.3 Å². The average Bonchev–Trinajstić information content (AvgIpc) is 2.17. The second-order valence-corrected chi connectivity index (χ2v) is 6.11. The average molecular weight is 314 g/mol. The summed E-state index contributed by atoms with van der Waals surface area (Å²) in [6.45, 7) is 4.76. The Hall–Kier alpha value is 0.160. The molecule has 2 N–H and O–H groups in total. The molecular formula is C10H21INO2-. The first-order valence-electron chi connectivity index (χ1n) is 5.24. The summed E-state index contributed by atoms with van der Waals surface area (Å²) in [5.41, 5.74) is 0. The van der Waals surface area contributed by atoms with Gasteiger partial charge in [0.15, 0.2) is 0 Å². The van der Waals surface area contributed by atoms with Gasteiger partial charge in [0, 0.05) is 0 Å². The number of amides is 1. The molecule has 0 spiro atoms. The van der Waals surface area contributed by atoms with E-state index in [1.807, 2.05) is 6.92 Å². The Balaban J connectivity index is 3.17. The SMILES string of the molecule is CCNC(=O)CCCCC[C@@H](C)[I-]O. The van der Waals surface area contributed by atoms with Gasteiger partial charge in [0.25, 0.3) is 0 Å². The summed E-state index contributed by atoms with van der Waals surface area (Å²) < 4.78 is 9.41. The number of nitrogens with one attached hydrogen (secondary N) is 1. The van der Waals surface area contributed by atoms with Crippen LogP contribution >= 0.6 is 0 Å². The number of alkyl halides is 1. The maximum absolute atomic E-state index is 11.1. The van der Waals surface area contributed by atoms with E-state index in [2.05, 4.69) is 12.2 Å². The monoisotopic (exact) mass is 314 g/mol. The molecule has 0 aliphatic heterocycles. The zero-order valence-electron chi connectivity index (χ0n) is 9.05. The van der Waals surface area contributed by atoms with Crippen molar-refractivity contribution in [3.05, 3.63) is 0 Å². The number of carbonyl (C=O) groups excluding carboxylic acids is 1. The number of hydrogen-bond donors (Lipinski definition) is 2. The van der Waals surface area contributed by atoms with Crippen LogP contribution in [0.15, 0.2) is 0 Å². The van der Waals surface area contributed by atoms with Crippen LogP contribution in [0.4, 0.5) is 0 Å². The molecule has 4 heteroatoms. The molecule has 0 heterocycles. The van der Waals surface area contributed by atoms with Gasteiger partial charge in [-0.3, -0.25) is 0 Å². The molecule has 0 radical (unpaired) electrons. The van der Waals surface area contributed by atoms with Crippen molar-refractivity contribution in [1.82, 2.24) is 5.32 Å². The van der Waals surface area contributed by atoms with E-state index < -0.39 is 21.6 Å². The quantitative estimate of drug-likeness (QED) is 0.324. The van der Waals surface area contributed by atoms with Crippen molar-refractivity contribution in [2.75, 3.05) is 6.54 Å². The molecular weight excluding hydrogens is 293 g/mol. The van der Waals surface area contributed by atoms with E-state index in [1.54, 1.807) is 0 Å². The molecule has 86 valence electrons. The molecule has 0 unspecified atom stereocenters. The van der Waals surface area contributed by atoms with E-state index in [1.165, 1.54) is 0 Å². The summed E-state index contributed by atoms with van der Waals surface area (Å²) in [4.78, 5) is 11.1. The van der Waals surface area contributed by atoms with Crippen LogP contribution in [0.3, 0.4) is 0 Å². The van der Waals surface area contributed by atoms with Gasteiger partial charge in [-0.05, 0) is 0 Å². The van der Waals surface area contributed by atoms with Crippen LogP contribution in [0, 0.1) is 0 Å². The Morgan fingerprint density at radius 1 is 1.43 bits per heavy atom. The first-order chi connectivity index (χ1) is 6.70. The van der Waals surface area contributed by atoms with Gasteiger partial charge in [-0.2, -0.15) is 0 Å². The van der Waals surface area contributed by atoms with Crippen molar-refractivity contribution >= 4 is 5.91 Å². The first kappa shape index (κ1) is 14.2. The van der Waals surface area contributed by atoms with Crippen LogP contribution in [-0.4, -0.2) is 19.8 Å². The molecule has 1 atom stereocenters. The van der Waals surface area contributed by atoms with Gasteiger partial charge in [0.2, 0.25) is 0 Å². The van der Waals surface area contributed by atoms with Crippen molar-refractivity contribution < 1.29 is 29.9 Å². The minimum absolute atomic E-state index is 0.162. The summed E-state index contributed by atoms with van der Waals surface area (Å²) in [6, 6.07) is 0. The third kappa shape index (κ3) is 8.74. The van der Waals surface area contributed by atoms with Gasteiger partial charge in [0.1, 0.15) is 0 Å². The Labute approximate surface area is 97.5 Å². The second-order valence-electron chi connectivity index (χ2n) is 3.43. The zero-order valence-corrected chi connectivity index (χ0v) is 11.2. The third-order valence-electron chi connectivity index (χ3n) is 2.05. The normalized spacial score (nSPS) is 12.8. The van der Waals surface area contributed by atoms with Crippen molar-refractivity contribution in [2.45, 2.75) is 49.9 Å². The molecule has 0 aromatic heterocycles. The first-order valence-corrected chi connectivity index (χ1v) is 7.45. The van der Waals surface area contributed by atoms with Gasteiger partial charge in [0.05, 0.1) is 0 Å². The Morgan fingerprint density at radius 2 is 2.14 bits per heavy atom. The maximum atomic E-state index is 11.1. The fraction of sp³-hybridized carbons (Fsp3) is 0.900. The van der Waals surface area contributed by atoms with Gasteiger partial charge < -0.3 is 0 Å². The molecule has 0 bridgehead atoms. The summed E-state index contributed by atoms with van der Waals surface area (Å²) in [5.74, 6) is 0.162. The number of unbranched alkanes of at least 4 members (excludes halogenated alkanes) is 2. The second kappa shape index (κ2) is 9.71. The fourth-order valence-electron chi connectivity index (χ4n) is 1.22. The number of hydrogen-bond acceptors (Lipinski definition) is 2. The van der Waals surface area contributed by atoms with Crippen LogP contribution in [0.25, 0.3) is 0 Å². The molecule has 0 aromatic rings. The topological polar surface area (TPSA) is 49.3 Å². The molecule has 0 rings (SSSR count). The zero-order chi connectivity index (χ0) is 10.8. The van der Waals surface area contributed by atoms with Crippen molar-refractivity contribution in [1.29, 1.82) is 0 Å². The van der Waals surface area contributed by atoms with Gasteiger partial charge in [-0.1, -0.05) is 0 Å². The van der Waals surface area contributed by atoms with Gasteiger partial charge >= 0.3 is 97.5 Å². The van der Waals surface area contributed by atoms with Crippen LogP contribution in [0.5, 0.6) is 0 Å². The summed E-state index contributed by atoms with van der Waals surface area (Å²) >= 11 is -0.576. The van der Waals surface area contributed by atoms with E-state index in [0.717, 1.165) is 32.2 Å². The summed E-state index contributed by atoms with van der Waals surface area (Å²) in [6.07, 6.45) is 4.98. The minimum atomic E-state index is -0.576. The van der Waals surface area contributed by atoms with Crippen molar-refractivity contribution in [3.8, 4) is 0 Å². The number of carbonyl (C=O) groups is 1. The van der Waals surface area contributed by atoms with Gasteiger partial charge in [-0.15, -0.1) is 0 Å². The number of rotatable bonds is 8. The molecule has 3 nitrogen and oxygen atoms in total. The predicted octanol–water partition coefficient (Wildman–Crippen LogP) is -1.54. The molecule has 0 aromatic carbocycles. The predicted molar refractivity (Wildman–Crippen MR) is 53.4 cm³/mol. The van der Waals surface area contributed by atoms with Gasteiger partial charge in [-0.25, -0.2) is 0 Å². The van der Waals surface area contributed by atoms with Crippen molar-refractivity contribution in [2.24, 2.45) is 0 Å². The molecule has 14 heavy (non-hydrogen) atoms. The number of halogens is 1. The van der Waals surface area contributed by atoms with Crippen molar-refractivity contribution in [3.63, 3.8) is 0 Å². The Morgan fingerprint density at radius 3 is 2.71 bits per heavy atom. The van der Waals surface area contributed by atoms with Crippen LogP contribution in [0.1, 0.15) is 46.0 Å². The molecule has 0 fully saturated rings. The van der Waals surface area contributed by atoms with E-state index >= 15 is 0 Å². The summed E-state index contributed by atoms with van der Waals surface area (Å²) in [7, 11) is 0. The standard InChI is InChI=1S/C10H21INO2/c1-3-12-10(13)8-6-4-5-7-9(2)11-14/h9,14H,3-8H2,1-2H3,(H,12,13)/q-1/t9-/m1/s1. The Kier molecular flexibility index (Phi) is 9.82. The van der Waals surface area contributed by atoms with Crippen LogP contribution < -0.4 is 26.9 Å². The molecule has 1 amide bonds. The van der Waals surface area contributed by atoms with Crippen LogP contribution in [-0.2, 0) is 4.79 Å². The van der Waals surface area contributed by atoms with E-state index in [9.17, 15) is 4.79 Å². The molecule has 0 saturated carbocycles. The van der Waals surface area contributed by atoms with E-state index in [-0.39, 0.29) is 5.91 Å². The Bertz CT molecular complexity index is 153.